The minimum Gasteiger partial charge on any atom is -0.384 e. The van der Waals surface area contributed by atoms with Crippen LogP contribution < -0.4 is 0 Å². The van der Waals surface area contributed by atoms with Gasteiger partial charge in [0.2, 0.25) is 0 Å². The van der Waals surface area contributed by atoms with Crippen LogP contribution in [0.2, 0.25) is 10.0 Å². The quantitative estimate of drug-likeness (QED) is 0.297. The van der Waals surface area contributed by atoms with Gasteiger partial charge in [0.15, 0.2) is 9.84 Å². The number of rotatable bonds is 6. The predicted octanol–water partition coefficient (Wildman–Crippen LogP) is 6.84. The van der Waals surface area contributed by atoms with Crippen molar-refractivity contribution in [3.63, 3.8) is 0 Å². The second-order valence-corrected chi connectivity index (χ2v) is 12.0. The Balaban J connectivity index is 1.87. The molecule has 4 rings (SSSR count). The number of benzene rings is 3. The molecule has 0 aliphatic heterocycles. The molecule has 0 radical (unpaired) electrons. The van der Waals surface area contributed by atoms with E-state index in [9.17, 15) is 13.5 Å². The van der Waals surface area contributed by atoms with E-state index in [2.05, 4.69) is 0 Å². The highest BCUT2D eigenvalue weighted by atomic mass is 35.5. The molecular formula is C27H26Cl2N2O3S. The van der Waals surface area contributed by atoms with Gasteiger partial charge in [-0.3, -0.25) is 4.57 Å². The Kier molecular flexibility index (Phi) is 6.86. The molecule has 0 aliphatic carbocycles. The van der Waals surface area contributed by atoms with E-state index in [1.165, 1.54) is 0 Å². The first-order chi connectivity index (χ1) is 16.4. The van der Waals surface area contributed by atoms with Gasteiger partial charge in [-0.1, -0.05) is 54.4 Å². The Hall–Kier alpha value is -2.64. The molecule has 0 spiro atoms. The van der Waals surface area contributed by atoms with Crippen LogP contribution in [0.25, 0.3) is 28.2 Å². The lowest BCUT2D eigenvalue weighted by atomic mass is 10.0. The van der Waals surface area contributed by atoms with Crippen molar-refractivity contribution >= 4 is 33.0 Å². The number of sulfone groups is 1. The number of nitrogens with zero attached hydrogens (tertiary/aromatic N) is 2. The van der Waals surface area contributed by atoms with E-state index >= 15 is 0 Å². The molecule has 0 saturated carbocycles. The number of hydrogen-bond acceptors (Lipinski definition) is 4. The molecule has 0 amide bonds. The Morgan fingerprint density at radius 2 is 1.60 bits per heavy atom. The van der Waals surface area contributed by atoms with E-state index in [0.29, 0.717) is 32.0 Å². The van der Waals surface area contributed by atoms with Gasteiger partial charge in [-0.2, -0.15) is 0 Å². The maximum Gasteiger partial charge on any atom is 0.178 e. The van der Waals surface area contributed by atoms with Crippen LogP contribution in [0, 0.1) is 6.92 Å². The third-order valence-electron chi connectivity index (χ3n) is 5.88. The van der Waals surface area contributed by atoms with E-state index < -0.39 is 15.4 Å². The first kappa shape index (κ1) is 25.5. The van der Waals surface area contributed by atoms with Crippen LogP contribution in [-0.4, -0.2) is 28.8 Å². The monoisotopic (exact) mass is 528 g/mol. The van der Waals surface area contributed by atoms with Crippen molar-refractivity contribution in [1.29, 1.82) is 0 Å². The Bertz CT molecular complexity index is 1500. The minimum atomic E-state index is -3.31. The maximum atomic E-state index is 12.3. The number of aromatic nitrogens is 2. The molecule has 1 aromatic heterocycles. The summed E-state index contributed by atoms with van der Waals surface area (Å²) < 4.78 is 26.6. The molecule has 3 aromatic carbocycles. The molecule has 8 heteroatoms. The molecule has 1 heterocycles. The highest BCUT2D eigenvalue weighted by Gasteiger charge is 2.25. The minimum absolute atomic E-state index is 0.0476. The summed E-state index contributed by atoms with van der Waals surface area (Å²) in [7, 11) is -3.31. The number of aliphatic hydroxyl groups is 1. The van der Waals surface area contributed by atoms with Gasteiger partial charge in [-0.15, -0.1) is 0 Å². The van der Waals surface area contributed by atoms with Gasteiger partial charge in [0.25, 0.3) is 0 Å². The smallest absolute Gasteiger partial charge is 0.178 e. The average Bonchev–Trinajstić information content (AvgIpc) is 3.24. The van der Waals surface area contributed by atoms with E-state index in [1.807, 2.05) is 35.8 Å². The molecule has 35 heavy (non-hydrogen) atoms. The normalized spacial score (nSPS) is 12.2. The van der Waals surface area contributed by atoms with Crippen LogP contribution in [-0.2, 0) is 15.4 Å². The number of halogens is 2. The Labute approximate surface area is 215 Å². The SMILES string of the molecule is CCS(=O)(=O)c1cccc(-c2ccc(-n3cc(C(C)(C)O)nc3-c3c(Cl)cccc3Cl)c(C)c2)c1. The van der Waals surface area contributed by atoms with E-state index in [4.69, 9.17) is 28.2 Å². The molecule has 0 unspecified atom stereocenters. The van der Waals surface area contributed by atoms with Gasteiger partial charge in [0.05, 0.1) is 37.6 Å². The molecule has 5 nitrogen and oxygen atoms in total. The summed E-state index contributed by atoms with van der Waals surface area (Å²) in [5, 5.41) is 11.5. The van der Waals surface area contributed by atoms with Crippen molar-refractivity contribution in [1.82, 2.24) is 9.55 Å². The van der Waals surface area contributed by atoms with Crippen LogP contribution >= 0.6 is 23.2 Å². The van der Waals surface area contributed by atoms with Crippen molar-refractivity contribution in [2.24, 2.45) is 0 Å². The molecule has 0 atom stereocenters. The first-order valence-electron chi connectivity index (χ1n) is 11.1. The third kappa shape index (κ3) is 5.02. The van der Waals surface area contributed by atoms with Gasteiger partial charge in [-0.05, 0) is 73.9 Å². The fourth-order valence-corrected chi connectivity index (χ4v) is 5.38. The zero-order valence-corrected chi connectivity index (χ0v) is 22.2. The van der Waals surface area contributed by atoms with Crippen molar-refractivity contribution in [3.8, 4) is 28.2 Å². The largest absolute Gasteiger partial charge is 0.384 e. The lowest BCUT2D eigenvalue weighted by Crippen LogP contribution is -2.15. The Morgan fingerprint density at radius 1 is 0.971 bits per heavy atom. The van der Waals surface area contributed by atoms with Gasteiger partial charge < -0.3 is 5.11 Å². The van der Waals surface area contributed by atoms with Gasteiger partial charge in [0, 0.05) is 6.20 Å². The fourth-order valence-electron chi connectivity index (χ4n) is 3.89. The van der Waals surface area contributed by atoms with Crippen molar-refractivity contribution in [2.45, 2.75) is 38.2 Å². The summed E-state index contributed by atoms with van der Waals surface area (Å²) >= 11 is 13.0. The molecule has 0 saturated heterocycles. The fraction of sp³-hybridized carbons (Fsp3) is 0.222. The topological polar surface area (TPSA) is 72.2 Å². The van der Waals surface area contributed by atoms with Gasteiger partial charge in [-0.25, -0.2) is 13.4 Å². The van der Waals surface area contributed by atoms with Gasteiger partial charge in [0.1, 0.15) is 11.4 Å². The molecule has 1 N–H and O–H groups in total. The highest BCUT2D eigenvalue weighted by molar-refractivity contribution is 7.91. The number of imidazole rings is 1. The van der Waals surface area contributed by atoms with Gasteiger partial charge >= 0.3 is 0 Å². The second-order valence-electron chi connectivity index (χ2n) is 8.91. The molecule has 0 aliphatic rings. The van der Waals surface area contributed by atoms with Crippen LogP contribution in [0.4, 0.5) is 0 Å². The van der Waals surface area contributed by atoms with Crippen LogP contribution in [0.15, 0.2) is 71.8 Å². The highest BCUT2D eigenvalue weighted by Crippen LogP contribution is 2.37. The third-order valence-corrected chi connectivity index (χ3v) is 8.24. The van der Waals surface area contributed by atoms with E-state index in [-0.39, 0.29) is 5.75 Å². The maximum absolute atomic E-state index is 12.3. The summed E-state index contributed by atoms with van der Waals surface area (Å²) in [5.41, 5.74) is 3.34. The van der Waals surface area contributed by atoms with Crippen molar-refractivity contribution < 1.29 is 13.5 Å². The summed E-state index contributed by atoms with van der Waals surface area (Å²) in [6.07, 6.45) is 1.78. The summed E-state index contributed by atoms with van der Waals surface area (Å²) in [5.74, 6) is 0.566. The summed E-state index contributed by atoms with van der Waals surface area (Å²) in [6, 6.07) is 18.1. The van der Waals surface area contributed by atoms with Crippen LogP contribution in [0.3, 0.4) is 0 Å². The summed E-state index contributed by atoms with van der Waals surface area (Å²) in [4.78, 5) is 5.00. The molecule has 0 bridgehead atoms. The zero-order chi connectivity index (χ0) is 25.5. The molecular weight excluding hydrogens is 503 g/mol. The second kappa shape index (κ2) is 9.43. The Morgan fingerprint density at radius 3 is 2.20 bits per heavy atom. The predicted molar refractivity (Wildman–Crippen MR) is 142 cm³/mol. The van der Waals surface area contributed by atoms with Crippen molar-refractivity contribution in [3.05, 3.63) is 88.2 Å². The average molecular weight is 529 g/mol. The zero-order valence-electron chi connectivity index (χ0n) is 19.9. The van der Waals surface area contributed by atoms with Crippen molar-refractivity contribution in [2.75, 3.05) is 5.75 Å². The standard InChI is InChI=1S/C27H26Cl2N2O3S/c1-5-35(33,34)20-9-6-8-18(15-20)19-12-13-23(17(2)14-19)31-16-24(27(3,4)32)30-26(31)25-21(28)10-7-11-22(25)29/h6-16,32H,5H2,1-4H3. The number of aryl methyl sites for hydroxylation is 1. The van der Waals surface area contributed by atoms with Crippen LogP contribution in [0.1, 0.15) is 32.0 Å². The van der Waals surface area contributed by atoms with E-state index in [0.717, 1.165) is 22.4 Å². The lowest BCUT2D eigenvalue weighted by Gasteiger charge is -2.15. The van der Waals surface area contributed by atoms with Crippen LogP contribution in [0.5, 0.6) is 0 Å². The number of hydrogen-bond donors (Lipinski definition) is 1. The summed E-state index contributed by atoms with van der Waals surface area (Å²) in [6.45, 7) is 6.94. The lowest BCUT2D eigenvalue weighted by molar-refractivity contribution is 0.0743. The molecule has 0 fully saturated rings. The molecule has 4 aromatic rings. The van der Waals surface area contributed by atoms with E-state index in [1.54, 1.807) is 63.4 Å². The molecule has 182 valence electrons. The first-order valence-corrected chi connectivity index (χ1v) is 13.5.